The van der Waals surface area contributed by atoms with Gasteiger partial charge in [-0.25, -0.2) is 0 Å². The second-order valence-electron chi connectivity index (χ2n) is 2.64. The molecule has 0 heterocycles. The Bertz CT molecular complexity index is 235. The van der Waals surface area contributed by atoms with Crippen LogP contribution in [-0.2, 0) is 0 Å². The molecule has 1 N–H and O–H groups in total. The van der Waals surface area contributed by atoms with E-state index in [1.165, 1.54) is 0 Å². The van der Waals surface area contributed by atoms with E-state index >= 15 is 0 Å². The molecule has 11 heavy (non-hydrogen) atoms. The van der Waals surface area contributed by atoms with Crippen molar-refractivity contribution in [3.05, 3.63) is 49.1 Å². The highest BCUT2D eigenvalue weighted by atomic mass is 16.3. The predicted molar refractivity (Wildman–Crippen MR) is 47.2 cm³/mol. The molecule has 0 spiro atoms. The van der Waals surface area contributed by atoms with Gasteiger partial charge in [-0.15, -0.1) is 0 Å². The lowest BCUT2D eigenvalue weighted by Gasteiger charge is -2.21. The number of rotatable bonds is 2. The lowest BCUT2D eigenvalue weighted by atomic mass is 9.92. The Morgan fingerprint density at radius 2 is 2.27 bits per heavy atom. The SMILES string of the molecule is C=CC1=CCC(O)(C=C)C=C1. The summed E-state index contributed by atoms with van der Waals surface area (Å²) in [7, 11) is 0. The van der Waals surface area contributed by atoms with Gasteiger partial charge in [0.15, 0.2) is 0 Å². The quantitative estimate of drug-likeness (QED) is 0.594. The van der Waals surface area contributed by atoms with E-state index in [4.69, 9.17) is 0 Å². The Labute approximate surface area is 67.1 Å². The monoisotopic (exact) mass is 148 g/mol. The van der Waals surface area contributed by atoms with Crippen LogP contribution in [0.5, 0.6) is 0 Å². The summed E-state index contributed by atoms with van der Waals surface area (Å²) in [6.07, 6.45) is 9.41. The van der Waals surface area contributed by atoms with Gasteiger partial charge in [0, 0.05) is 6.42 Å². The van der Waals surface area contributed by atoms with Gasteiger partial charge in [0.25, 0.3) is 0 Å². The molecule has 1 heteroatoms. The summed E-state index contributed by atoms with van der Waals surface area (Å²) in [5, 5.41) is 9.61. The average Bonchev–Trinajstić information content (AvgIpc) is 2.06. The first-order valence-corrected chi connectivity index (χ1v) is 3.58. The lowest BCUT2D eigenvalue weighted by molar-refractivity contribution is 0.145. The minimum absolute atomic E-state index is 0.592. The van der Waals surface area contributed by atoms with Gasteiger partial charge in [-0.3, -0.25) is 0 Å². The van der Waals surface area contributed by atoms with Crippen LogP contribution in [0.1, 0.15) is 6.42 Å². The van der Waals surface area contributed by atoms with Gasteiger partial charge < -0.3 is 5.11 Å². The molecule has 0 fully saturated rings. The van der Waals surface area contributed by atoms with Crippen molar-refractivity contribution in [2.24, 2.45) is 0 Å². The van der Waals surface area contributed by atoms with Crippen LogP contribution < -0.4 is 0 Å². The fourth-order valence-corrected chi connectivity index (χ4v) is 0.961. The number of hydrogen-bond donors (Lipinski definition) is 1. The second kappa shape index (κ2) is 2.89. The summed E-state index contributed by atoms with van der Waals surface area (Å²) in [5.74, 6) is 0. The van der Waals surface area contributed by atoms with Gasteiger partial charge >= 0.3 is 0 Å². The van der Waals surface area contributed by atoms with Crippen LogP contribution in [0.15, 0.2) is 49.1 Å². The van der Waals surface area contributed by atoms with E-state index in [2.05, 4.69) is 13.2 Å². The van der Waals surface area contributed by atoms with Crippen molar-refractivity contribution >= 4 is 0 Å². The molecule has 58 valence electrons. The van der Waals surface area contributed by atoms with Gasteiger partial charge in [0.05, 0.1) is 0 Å². The van der Waals surface area contributed by atoms with Crippen LogP contribution >= 0.6 is 0 Å². The van der Waals surface area contributed by atoms with Gasteiger partial charge in [0.1, 0.15) is 5.60 Å². The molecule has 1 rings (SSSR count). The van der Waals surface area contributed by atoms with E-state index in [0.29, 0.717) is 6.42 Å². The van der Waals surface area contributed by atoms with E-state index in [0.717, 1.165) is 5.57 Å². The smallest absolute Gasteiger partial charge is 0.104 e. The van der Waals surface area contributed by atoms with Gasteiger partial charge in [-0.05, 0) is 11.6 Å². The predicted octanol–water partition coefficient (Wildman–Crippen LogP) is 1.98. The van der Waals surface area contributed by atoms with Crippen molar-refractivity contribution in [3.8, 4) is 0 Å². The standard InChI is InChI=1S/C10H12O/c1-3-9-5-7-10(11,4-2)8-6-9/h3-7,11H,1-2,8H2. The van der Waals surface area contributed by atoms with Gasteiger partial charge in [-0.2, -0.15) is 0 Å². The maximum atomic E-state index is 9.61. The summed E-state index contributed by atoms with van der Waals surface area (Å²) >= 11 is 0. The summed E-state index contributed by atoms with van der Waals surface area (Å²) < 4.78 is 0. The molecule has 0 aromatic rings. The Morgan fingerprint density at radius 1 is 1.55 bits per heavy atom. The van der Waals surface area contributed by atoms with Crippen LogP contribution in [0.3, 0.4) is 0 Å². The Morgan fingerprint density at radius 3 is 2.64 bits per heavy atom. The summed E-state index contributed by atoms with van der Waals surface area (Å²) in [6.45, 7) is 7.18. The molecule has 1 aliphatic rings. The molecule has 0 aliphatic heterocycles. The van der Waals surface area contributed by atoms with Crippen LogP contribution in [0.25, 0.3) is 0 Å². The minimum Gasteiger partial charge on any atom is -0.381 e. The molecule has 1 aliphatic carbocycles. The Balaban J connectivity index is 2.78. The zero-order valence-electron chi connectivity index (χ0n) is 6.46. The fourth-order valence-electron chi connectivity index (χ4n) is 0.961. The lowest BCUT2D eigenvalue weighted by Crippen LogP contribution is -2.22. The van der Waals surface area contributed by atoms with Crippen molar-refractivity contribution in [3.63, 3.8) is 0 Å². The second-order valence-corrected chi connectivity index (χ2v) is 2.64. The van der Waals surface area contributed by atoms with Crippen LogP contribution in [-0.4, -0.2) is 10.7 Å². The number of aliphatic hydroxyl groups is 1. The minimum atomic E-state index is -0.841. The molecule has 0 aromatic carbocycles. The zero-order valence-corrected chi connectivity index (χ0v) is 6.46. The molecule has 0 saturated heterocycles. The van der Waals surface area contributed by atoms with Crippen molar-refractivity contribution in [1.29, 1.82) is 0 Å². The highest BCUT2D eigenvalue weighted by Crippen LogP contribution is 2.21. The van der Waals surface area contributed by atoms with Crippen LogP contribution in [0.4, 0.5) is 0 Å². The first-order chi connectivity index (χ1) is 5.20. The van der Waals surface area contributed by atoms with Crippen molar-refractivity contribution in [2.75, 3.05) is 0 Å². The first kappa shape index (κ1) is 8.02. The van der Waals surface area contributed by atoms with Crippen molar-refractivity contribution in [2.45, 2.75) is 12.0 Å². The van der Waals surface area contributed by atoms with Crippen molar-refractivity contribution in [1.82, 2.24) is 0 Å². The molecule has 1 atom stereocenters. The third-order valence-corrected chi connectivity index (χ3v) is 1.82. The molecule has 1 nitrogen and oxygen atoms in total. The summed E-state index contributed by atoms with van der Waals surface area (Å²) in [4.78, 5) is 0. The average molecular weight is 148 g/mol. The molecule has 0 aromatic heterocycles. The normalized spacial score (nSPS) is 29.4. The molecular formula is C10H12O. The highest BCUT2D eigenvalue weighted by Gasteiger charge is 2.19. The maximum Gasteiger partial charge on any atom is 0.104 e. The third-order valence-electron chi connectivity index (χ3n) is 1.82. The van der Waals surface area contributed by atoms with E-state index in [9.17, 15) is 5.11 Å². The topological polar surface area (TPSA) is 20.2 Å². The fraction of sp³-hybridized carbons (Fsp3) is 0.200. The van der Waals surface area contributed by atoms with Crippen LogP contribution in [0, 0.1) is 0 Å². The van der Waals surface area contributed by atoms with E-state index in [1.807, 2.05) is 12.2 Å². The van der Waals surface area contributed by atoms with E-state index in [-0.39, 0.29) is 0 Å². The van der Waals surface area contributed by atoms with E-state index < -0.39 is 5.60 Å². The highest BCUT2D eigenvalue weighted by molar-refractivity contribution is 5.36. The largest absolute Gasteiger partial charge is 0.381 e. The number of hydrogen-bond acceptors (Lipinski definition) is 1. The van der Waals surface area contributed by atoms with Crippen molar-refractivity contribution < 1.29 is 5.11 Å². The van der Waals surface area contributed by atoms with Gasteiger partial charge in [-0.1, -0.05) is 37.5 Å². The number of allylic oxidation sites excluding steroid dienone is 3. The summed E-state index contributed by atoms with van der Waals surface area (Å²) in [5.41, 5.74) is 0.212. The maximum absolute atomic E-state index is 9.61. The third kappa shape index (κ3) is 1.69. The molecule has 1 unspecified atom stereocenters. The first-order valence-electron chi connectivity index (χ1n) is 3.58. The van der Waals surface area contributed by atoms with E-state index in [1.54, 1.807) is 18.2 Å². The van der Waals surface area contributed by atoms with Gasteiger partial charge in [0.2, 0.25) is 0 Å². The molecule has 0 radical (unpaired) electrons. The molecule has 0 amide bonds. The molecular weight excluding hydrogens is 136 g/mol. The molecule has 0 saturated carbocycles. The Hall–Kier alpha value is -1.08. The molecule has 0 bridgehead atoms. The van der Waals surface area contributed by atoms with Crippen LogP contribution in [0.2, 0.25) is 0 Å². The Kier molecular flexibility index (Phi) is 2.11. The zero-order chi connectivity index (χ0) is 8.32. The summed E-state index contributed by atoms with van der Waals surface area (Å²) in [6, 6.07) is 0.